The summed E-state index contributed by atoms with van der Waals surface area (Å²) in [5, 5.41) is 20.2. The number of hydrogen-bond donors (Lipinski definition) is 2. The van der Waals surface area contributed by atoms with E-state index in [1.807, 2.05) is 0 Å². The Morgan fingerprint density at radius 3 is 1.80 bits per heavy atom. The maximum absolute atomic E-state index is 10.1. The van der Waals surface area contributed by atoms with E-state index >= 15 is 0 Å². The highest BCUT2D eigenvalue weighted by Gasteiger charge is 2.15. The van der Waals surface area contributed by atoms with Crippen LogP contribution in [0, 0.1) is 0 Å². The van der Waals surface area contributed by atoms with Crippen molar-refractivity contribution in [3.63, 3.8) is 0 Å². The molecule has 1 aromatic heterocycles. The van der Waals surface area contributed by atoms with Gasteiger partial charge < -0.3 is 14.9 Å². The third-order valence-electron chi connectivity index (χ3n) is 3.63. The second-order valence-electron chi connectivity index (χ2n) is 5.50. The van der Waals surface area contributed by atoms with Gasteiger partial charge in [-0.2, -0.15) is 9.97 Å². The summed E-state index contributed by atoms with van der Waals surface area (Å²) < 4.78 is 5.62. The first kappa shape index (κ1) is 16.7. The van der Waals surface area contributed by atoms with Crippen LogP contribution in [0.2, 0.25) is 0 Å². The van der Waals surface area contributed by atoms with Crippen LogP contribution in [-0.4, -0.2) is 31.8 Å². The average molecular weight is 337 g/mol. The number of para-hydroxylation sites is 2. The topological polar surface area (TPSA) is 88.4 Å². The molecule has 0 aliphatic rings. The zero-order chi connectivity index (χ0) is 17.6. The van der Waals surface area contributed by atoms with Gasteiger partial charge in [0.1, 0.15) is 11.5 Å². The largest absolute Gasteiger partial charge is 0.507 e. The number of unbranched alkanes of at least 4 members (excludes halogenated alkanes) is 1. The van der Waals surface area contributed by atoms with Gasteiger partial charge in [-0.25, -0.2) is 4.98 Å². The minimum atomic E-state index is 0.0661. The van der Waals surface area contributed by atoms with Gasteiger partial charge in [0.15, 0.2) is 11.6 Å². The molecule has 128 valence electrons. The molecule has 0 bridgehead atoms. The van der Waals surface area contributed by atoms with E-state index in [4.69, 9.17) is 4.74 Å². The Morgan fingerprint density at radius 2 is 1.32 bits per heavy atom. The standard InChI is InChI=1S/C19H19N3O3/c1-2-3-12-25-19-21-17(13-8-4-6-10-15(13)23)20-18(22-19)14-9-5-7-11-16(14)24/h4-11,23-24H,2-3,12H2,1H3. The molecule has 2 N–H and O–H groups in total. The van der Waals surface area contributed by atoms with Gasteiger partial charge in [0.25, 0.3) is 0 Å². The van der Waals surface area contributed by atoms with E-state index in [0.717, 1.165) is 12.8 Å². The van der Waals surface area contributed by atoms with E-state index in [1.165, 1.54) is 0 Å². The summed E-state index contributed by atoms with van der Waals surface area (Å²) in [7, 11) is 0. The molecule has 0 aliphatic heterocycles. The van der Waals surface area contributed by atoms with Crippen LogP contribution in [0.5, 0.6) is 17.5 Å². The third-order valence-corrected chi connectivity index (χ3v) is 3.63. The summed E-state index contributed by atoms with van der Waals surface area (Å²) in [6, 6.07) is 13.8. The van der Waals surface area contributed by atoms with Crippen molar-refractivity contribution < 1.29 is 14.9 Å². The van der Waals surface area contributed by atoms with Gasteiger partial charge in [0, 0.05) is 0 Å². The first-order chi connectivity index (χ1) is 12.2. The number of nitrogens with zero attached hydrogens (tertiary/aromatic N) is 3. The second-order valence-corrected chi connectivity index (χ2v) is 5.50. The quantitative estimate of drug-likeness (QED) is 0.665. The van der Waals surface area contributed by atoms with Gasteiger partial charge in [0.2, 0.25) is 0 Å². The van der Waals surface area contributed by atoms with Crippen LogP contribution in [-0.2, 0) is 0 Å². The van der Waals surface area contributed by atoms with E-state index in [2.05, 4.69) is 21.9 Å². The molecule has 0 spiro atoms. The summed E-state index contributed by atoms with van der Waals surface area (Å²) in [5.74, 6) is 0.712. The van der Waals surface area contributed by atoms with Crippen LogP contribution >= 0.6 is 0 Å². The molecular formula is C19H19N3O3. The fraction of sp³-hybridized carbons (Fsp3) is 0.211. The lowest BCUT2D eigenvalue weighted by molar-refractivity contribution is 0.285. The molecule has 0 unspecified atom stereocenters. The van der Waals surface area contributed by atoms with Gasteiger partial charge in [0.05, 0.1) is 17.7 Å². The van der Waals surface area contributed by atoms with Gasteiger partial charge in [-0.3, -0.25) is 0 Å². The SMILES string of the molecule is CCCCOc1nc(-c2ccccc2O)nc(-c2ccccc2O)n1. The minimum absolute atomic E-state index is 0.0661. The molecule has 0 saturated heterocycles. The Morgan fingerprint density at radius 1 is 0.800 bits per heavy atom. The molecule has 3 rings (SSSR count). The maximum Gasteiger partial charge on any atom is 0.320 e. The van der Waals surface area contributed by atoms with E-state index in [0.29, 0.717) is 17.7 Å². The number of aromatic nitrogens is 3. The Balaban J connectivity index is 2.09. The highest BCUT2D eigenvalue weighted by Crippen LogP contribution is 2.31. The molecular weight excluding hydrogens is 318 g/mol. The van der Waals surface area contributed by atoms with Crippen LogP contribution in [0.15, 0.2) is 48.5 Å². The van der Waals surface area contributed by atoms with Gasteiger partial charge >= 0.3 is 6.01 Å². The normalized spacial score (nSPS) is 10.6. The zero-order valence-corrected chi connectivity index (χ0v) is 13.9. The predicted molar refractivity (Wildman–Crippen MR) is 94.4 cm³/mol. The lowest BCUT2D eigenvalue weighted by Gasteiger charge is -2.10. The van der Waals surface area contributed by atoms with E-state index < -0.39 is 0 Å². The van der Waals surface area contributed by atoms with Crippen molar-refractivity contribution in [2.45, 2.75) is 19.8 Å². The molecule has 1 heterocycles. The molecule has 25 heavy (non-hydrogen) atoms. The number of phenolic OH excluding ortho intramolecular Hbond substituents is 2. The van der Waals surface area contributed by atoms with Gasteiger partial charge in [-0.1, -0.05) is 37.6 Å². The monoisotopic (exact) mass is 337 g/mol. The molecule has 0 fully saturated rings. The molecule has 3 aromatic rings. The fourth-order valence-corrected chi connectivity index (χ4v) is 2.30. The van der Waals surface area contributed by atoms with Crippen molar-refractivity contribution in [2.75, 3.05) is 6.61 Å². The van der Waals surface area contributed by atoms with Crippen LogP contribution in [0.25, 0.3) is 22.8 Å². The molecule has 0 radical (unpaired) electrons. The summed E-state index contributed by atoms with van der Waals surface area (Å²) in [6.07, 6.45) is 1.87. The van der Waals surface area contributed by atoms with Crippen molar-refractivity contribution >= 4 is 0 Å². The highest BCUT2D eigenvalue weighted by atomic mass is 16.5. The Kier molecular flexibility index (Phi) is 5.09. The summed E-state index contributed by atoms with van der Waals surface area (Å²) in [5.41, 5.74) is 0.948. The molecule has 0 atom stereocenters. The number of ether oxygens (including phenoxy) is 1. The Bertz CT molecular complexity index is 804. The first-order valence-electron chi connectivity index (χ1n) is 8.14. The van der Waals surface area contributed by atoms with Crippen LogP contribution in [0.4, 0.5) is 0 Å². The van der Waals surface area contributed by atoms with Gasteiger partial charge in [-0.05, 0) is 30.7 Å². The number of hydrogen-bond acceptors (Lipinski definition) is 6. The molecule has 0 saturated carbocycles. The fourth-order valence-electron chi connectivity index (χ4n) is 2.30. The minimum Gasteiger partial charge on any atom is -0.507 e. The molecule has 2 aromatic carbocycles. The predicted octanol–water partition coefficient (Wildman–Crippen LogP) is 3.80. The van der Waals surface area contributed by atoms with Crippen molar-refractivity contribution in [3.05, 3.63) is 48.5 Å². The first-order valence-corrected chi connectivity index (χ1v) is 8.14. The highest BCUT2D eigenvalue weighted by molar-refractivity contribution is 5.68. The lowest BCUT2D eigenvalue weighted by Crippen LogP contribution is -2.05. The molecule has 6 heteroatoms. The second kappa shape index (κ2) is 7.61. The summed E-state index contributed by atoms with van der Waals surface area (Å²) >= 11 is 0. The van der Waals surface area contributed by atoms with Crippen molar-refractivity contribution in [1.82, 2.24) is 15.0 Å². The molecule has 6 nitrogen and oxygen atoms in total. The maximum atomic E-state index is 10.1. The third kappa shape index (κ3) is 3.85. The average Bonchev–Trinajstić information content (AvgIpc) is 2.62. The molecule has 0 amide bonds. The Labute approximate surface area is 145 Å². The summed E-state index contributed by atoms with van der Waals surface area (Å²) in [6.45, 7) is 2.55. The van der Waals surface area contributed by atoms with Crippen LogP contribution < -0.4 is 4.74 Å². The lowest BCUT2D eigenvalue weighted by atomic mass is 10.1. The summed E-state index contributed by atoms with van der Waals surface area (Å²) in [4.78, 5) is 13.0. The smallest absolute Gasteiger partial charge is 0.320 e. The zero-order valence-electron chi connectivity index (χ0n) is 13.9. The number of aromatic hydroxyl groups is 2. The van der Waals surface area contributed by atoms with Crippen molar-refractivity contribution in [1.29, 1.82) is 0 Å². The van der Waals surface area contributed by atoms with E-state index in [1.54, 1.807) is 48.5 Å². The number of benzene rings is 2. The number of rotatable bonds is 6. The van der Waals surface area contributed by atoms with E-state index in [9.17, 15) is 10.2 Å². The Hall–Kier alpha value is -3.15. The van der Waals surface area contributed by atoms with Gasteiger partial charge in [-0.15, -0.1) is 0 Å². The van der Waals surface area contributed by atoms with Crippen LogP contribution in [0.3, 0.4) is 0 Å². The van der Waals surface area contributed by atoms with Crippen molar-refractivity contribution in [2.24, 2.45) is 0 Å². The molecule has 0 aliphatic carbocycles. The van der Waals surface area contributed by atoms with Crippen molar-refractivity contribution in [3.8, 4) is 40.3 Å². The van der Waals surface area contributed by atoms with E-state index in [-0.39, 0.29) is 29.2 Å². The number of phenols is 2. The van der Waals surface area contributed by atoms with Crippen LogP contribution in [0.1, 0.15) is 19.8 Å².